The van der Waals surface area contributed by atoms with Gasteiger partial charge in [0.25, 0.3) is 5.56 Å². The zero-order chi connectivity index (χ0) is 13.4. The molecule has 0 aliphatic heterocycles. The zero-order valence-corrected chi connectivity index (χ0v) is 10.8. The molecular weight excluding hydrogens is 240 g/mol. The predicted octanol–water partition coefficient (Wildman–Crippen LogP) is 2.21. The third-order valence-electron chi connectivity index (χ3n) is 3.11. The van der Waals surface area contributed by atoms with E-state index in [2.05, 4.69) is 28.9 Å². The summed E-state index contributed by atoms with van der Waals surface area (Å²) >= 11 is 0. The molecule has 0 saturated carbocycles. The van der Waals surface area contributed by atoms with Crippen molar-refractivity contribution in [3.05, 3.63) is 52.7 Å². The van der Waals surface area contributed by atoms with Gasteiger partial charge >= 0.3 is 0 Å². The maximum absolute atomic E-state index is 12.1. The van der Waals surface area contributed by atoms with Crippen molar-refractivity contribution >= 4 is 5.65 Å². The van der Waals surface area contributed by atoms with Crippen LogP contribution in [0.3, 0.4) is 0 Å². The molecule has 0 saturated heterocycles. The molecule has 3 aromatic rings. The first kappa shape index (κ1) is 11.6. The van der Waals surface area contributed by atoms with Gasteiger partial charge in [-0.3, -0.25) is 14.9 Å². The largest absolute Gasteiger partial charge is 0.297 e. The summed E-state index contributed by atoms with van der Waals surface area (Å²) < 4.78 is 1.47. The van der Waals surface area contributed by atoms with Crippen LogP contribution in [0.4, 0.5) is 0 Å². The molecule has 0 aliphatic carbocycles. The highest BCUT2D eigenvalue weighted by atomic mass is 16.1. The normalized spacial score (nSPS) is 11.3. The number of rotatable bonds is 2. The molecule has 0 fully saturated rings. The molecule has 0 bridgehead atoms. The topological polar surface area (TPSA) is 63.0 Å². The molecule has 0 aromatic carbocycles. The molecule has 5 nitrogen and oxygen atoms in total. The molecule has 0 amide bonds. The van der Waals surface area contributed by atoms with E-state index in [0.29, 0.717) is 17.3 Å². The molecule has 0 aliphatic rings. The van der Waals surface area contributed by atoms with Crippen molar-refractivity contribution in [2.75, 3.05) is 0 Å². The molecule has 0 radical (unpaired) electrons. The van der Waals surface area contributed by atoms with Crippen LogP contribution in [0.1, 0.15) is 25.3 Å². The van der Waals surface area contributed by atoms with E-state index in [-0.39, 0.29) is 5.56 Å². The third kappa shape index (κ3) is 1.93. The second-order valence-electron chi connectivity index (χ2n) is 4.76. The fourth-order valence-electron chi connectivity index (χ4n) is 2.09. The van der Waals surface area contributed by atoms with E-state index in [1.165, 1.54) is 10.6 Å². The number of aromatic amines is 1. The molecule has 5 heteroatoms. The number of fused-ring (bicyclic) bond motifs is 1. The fraction of sp³-hybridized carbons (Fsp3) is 0.214. The number of nitrogens with zero attached hydrogens (tertiary/aromatic N) is 3. The first-order chi connectivity index (χ1) is 9.16. The van der Waals surface area contributed by atoms with Crippen LogP contribution in [-0.2, 0) is 0 Å². The molecule has 3 rings (SSSR count). The second-order valence-corrected chi connectivity index (χ2v) is 4.76. The van der Waals surface area contributed by atoms with Crippen LogP contribution >= 0.6 is 0 Å². The van der Waals surface area contributed by atoms with Gasteiger partial charge in [0.2, 0.25) is 0 Å². The van der Waals surface area contributed by atoms with Gasteiger partial charge in [-0.1, -0.05) is 13.8 Å². The molecular formula is C14H14N4O. The van der Waals surface area contributed by atoms with Crippen molar-refractivity contribution < 1.29 is 0 Å². The lowest BCUT2D eigenvalue weighted by atomic mass is 10.1. The van der Waals surface area contributed by atoms with Crippen molar-refractivity contribution in [1.82, 2.24) is 19.6 Å². The molecule has 3 heterocycles. The van der Waals surface area contributed by atoms with Crippen LogP contribution in [-0.4, -0.2) is 19.6 Å². The zero-order valence-electron chi connectivity index (χ0n) is 10.8. The number of hydrogen-bond donors (Lipinski definition) is 1. The van der Waals surface area contributed by atoms with Gasteiger partial charge in [-0.15, -0.1) is 0 Å². The van der Waals surface area contributed by atoms with Crippen LogP contribution in [0.5, 0.6) is 0 Å². The summed E-state index contributed by atoms with van der Waals surface area (Å²) in [6.07, 6.45) is 5.24. The average molecular weight is 254 g/mol. The molecule has 1 N–H and O–H groups in total. The van der Waals surface area contributed by atoms with Crippen molar-refractivity contribution in [3.8, 4) is 11.3 Å². The number of nitrogens with one attached hydrogen (secondary N) is 1. The van der Waals surface area contributed by atoms with Crippen molar-refractivity contribution in [2.24, 2.45) is 0 Å². The van der Waals surface area contributed by atoms with Crippen LogP contribution in [0.15, 0.2) is 41.6 Å². The van der Waals surface area contributed by atoms with E-state index >= 15 is 0 Å². The number of pyridine rings is 1. The molecule has 0 spiro atoms. The summed E-state index contributed by atoms with van der Waals surface area (Å²) in [4.78, 5) is 20.7. The highest BCUT2D eigenvalue weighted by Crippen LogP contribution is 2.20. The van der Waals surface area contributed by atoms with E-state index in [4.69, 9.17) is 0 Å². The number of hydrogen-bond acceptors (Lipinski definition) is 3. The first-order valence-corrected chi connectivity index (χ1v) is 6.18. The highest BCUT2D eigenvalue weighted by molar-refractivity contribution is 5.61. The monoisotopic (exact) mass is 254 g/mol. The molecule has 96 valence electrons. The summed E-state index contributed by atoms with van der Waals surface area (Å²) in [5, 5.41) is 2.94. The number of aromatic nitrogens is 4. The smallest absolute Gasteiger partial charge is 0.273 e. The Hall–Kier alpha value is -2.43. The quantitative estimate of drug-likeness (QED) is 0.762. The van der Waals surface area contributed by atoms with Crippen molar-refractivity contribution in [2.45, 2.75) is 19.8 Å². The summed E-state index contributed by atoms with van der Waals surface area (Å²) in [6.45, 7) is 4.15. The van der Waals surface area contributed by atoms with Crippen LogP contribution < -0.4 is 5.56 Å². The Morgan fingerprint density at radius 2 is 2.21 bits per heavy atom. The van der Waals surface area contributed by atoms with Crippen LogP contribution in [0, 0.1) is 0 Å². The van der Waals surface area contributed by atoms with Crippen LogP contribution in [0.2, 0.25) is 0 Å². The standard InChI is InChI=1S/C14H14N4O/c1-9(2)11-8-16-18-13(19)6-12(17-14(11)18)10-4-3-5-15-7-10/h3-9,16H,1-2H3. The Morgan fingerprint density at radius 1 is 1.37 bits per heavy atom. The van der Waals surface area contributed by atoms with Gasteiger partial charge in [-0.25, -0.2) is 9.50 Å². The van der Waals surface area contributed by atoms with Crippen molar-refractivity contribution in [1.29, 1.82) is 0 Å². The molecule has 3 aromatic heterocycles. The van der Waals surface area contributed by atoms with E-state index < -0.39 is 0 Å². The minimum atomic E-state index is -0.115. The van der Waals surface area contributed by atoms with Gasteiger partial charge in [-0.05, 0) is 18.1 Å². The van der Waals surface area contributed by atoms with Gasteiger partial charge in [-0.2, -0.15) is 0 Å². The summed E-state index contributed by atoms with van der Waals surface area (Å²) in [5.74, 6) is 0.303. The lowest BCUT2D eigenvalue weighted by Crippen LogP contribution is -2.14. The van der Waals surface area contributed by atoms with Gasteiger partial charge in [0, 0.05) is 35.8 Å². The van der Waals surface area contributed by atoms with Gasteiger partial charge in [0.05, 0.1) is 5.69 Å². The minimum Gasteiger partial charge on any atom is -0.297 e. The van der Waals surface area contributed by atoms with Gasteiger partial charge in [0.1, 0.15) is 0 Å². The third-order valence-corrected chi connectivity index (χ3v) is 3.11. The second kappa shape index (κ2) is 4.35. The Balaban J connectivity index is 2.29. The van der Waals surface area contributed by atoms with E-state index in [0.717, 1.165) is 11.1 Å². The molecule has 19 heavy (non-hydrogen) atoms. The van der Waals surface area contributed by atoms with E-state index in [1.54, 1.807) is 12.4 Å². The Labute approximate surface area is 109 Å². The van der Waals surface area contributed by atoms with Gasteiger partial charge < -0.3 is 0 Å². The van der Waals surface area contributed by atoms with Crippen molar-refractivity contribution in [3.63, 3.8) is 0 Å². The van der Waals surface area contributed by atoms with Gasteiger partial charge in [0.15, 0.2) is 5.65 Å². The van der Waals surface area contributed by atoms with Crippen LogP contribution in [0.25, 0.3) is 16.9 Å². The Morgan fingerprint density at radius 3 is 2.89 bits per heavy atom. The first-order valence-electron chi connectivity index (χ1n) is 6.18. The Kier molecular flexibility index (Phi) is 2.67. The fourth-order valence-corrected chi connectivity index (χ4v) is 2.09. The summed E-state index contributed by atoms with van der Waals surface area (Å²) in [5.41, 5.74) is 3.09. The maximum atomic E-state index is 12.1. The lowest BCUT2D eigenvalue weighted by molar-refractivity contribution is 0.870. The lowest BCUT2D eigenvalue weighted by Gasteiger charge is -2.04. The number of H-pyrrole nitrogens is 1. The van der Waals surface area contributed by atoms with E-state index in [9.17, 15) is 4.79 Å². The summed E-state index contributed by atoms with van der Waals surface area (Å²) in [6, 6.07) is 5.25. The Bertz CT molecular complexity index is 771. The van der Waals surface area contributed by atoms with E-state index in [1.807, 2.05) is 18.3 Å². The maximum Gasteiger partial charge on any atom is 0.273 e. The highest BCUT2D eigenvalue weighted by Gasteiger charge is 2.12. The SMILES string of the molecule is CC(C)c1c[nH]n2c(=O)cc(-c3cccnc3)nc12. The molecule has 0 atom stereocenters. The minimum absolute atomic E-state index is 0.115. The summed E-state index contributed by atoms with van der Waals surface area (Å²) in [7, 11) is 0. The average Bonchev–Trinajstić information content (AvgIpc) is 2.84. The molecule has 0 unspecified atom stereocenters. The predicted molar refractivity (Wildman–Crippen MR) is 73.1 cm³/mol.